The molecule has 0 radical (unpaired) electrons. The Balaban J connectivity index is 1.67. The molecule has 0 amide bonds. The minimum Gasteiger partial charge on any atom is -0.378 e. The van der Waals surface area contributed by atoms with Crippen LogP contribution in [0.15, 0.2) is 54.6 Å². The van der Waals surface area contributed by atoms with Gasteiger partial charge in [0.1, 0.15) is 0 Å². The van der Waals surface area contributed by atoms with Gasteiger partial charge in [-0.05, 0) is 30.4 Å². The SMILES string of the molecule is O=C(CC1CCCCO1)c1ccc(-c2ccccc2)cc1. The summed E-state index contributed by atoms with van der Waals surface area (Å²) >= 11 is 0. The number of Topliss-reactive ketones (excluding diaryl/α,β-unsaturated/α-hetero) is 1. The van der Waals surface area contributed by atoms with Crippen LogP contribution in [0.1, 0.15) is 36.0 Å². The van der Waals surface area contributed by atoms with Gasteiger partial charge in [-0.2, -0.15) is 0 Å². The summed E-state index contributed by atoms with van der Waals surface area (Å²) in [6.45, 7) is 0.797. The second kappa shape index (κ2) is 6.68. The van der Waals surface area contributed by atoms with Crippen LogP contribution in [0.4, 0.5) is 0 Å². The van der Waals surface area contributed by atoms with E-state index in [1.807, 2.05) is 42.5 Å². The summed E-state index contributed by atoms with van der Waals surface area (Å²) in [5, 5.41) is 0. The summed E-state index contributed by atoms with van der Waals surface area (Å²) in [6.07, 6.45) is 3.92. The first kappa shape index (κ1) is 14.0. The minimum atomic E-state index is 0.111. The van der Waals surface area contributed by atoms with Crippen LogP contribution in [0, 0.1) is 0 Å². The van der Waals surface area contributed by atoms with E-state index in [-0.39, 0.29) is 11.9 Å². The van der Waals surface area contributed by atoms with Gasteiger partial charge in [-0.25, -0.2) is 0 Å². The Labute approximate surface area is 125 Å². The summed E-state index contributed by atoms with van der Waals surface area (Å²) in [7, 11) is 0. The highest BCUT2D eigenvalue weighted by molar-refractivity contribution is 5.96. The molecule has 21 heavy (non-hydrogen) atoms. The predicted molar refractivity (Wildman–Crippen MR) is 84.4 cm³/mol. The van der Waals surface area contributed by atoms with Gasteiger partial charge in [-0.15, -0.1) is 0 Å². The van der Waals surface area contributed by atoms with Crippen LogP contribution in [0.2, 0.25) is 0 Å². The van der Waals surface area contributed by atoms with E-state index in [1.165, 1.54) is 12.0 Å². The van der Waals surface area contributed by atoms with Crippen molar-refractivity contribution < 1.29 is 9.53 Å². The van der Waals surface area contributed by atoms with Crippen LogP contribution in [0.3, 0.4) is 0 Å². The Hall–Kier alpha value is -1.93. The first-order valence-electron chi connectivity index (χ1n) is 7.63. The molecule has 2 aromatic carbocycles. The number of hydrogen-bond acceptors (Lipinski definition) is 2. The van der Waals surface area contributed by atoms with Crippen molar-refractivity contribution in [3.63, 3.8) is 0 Å². The van der Waals surface area contributed by atoms with E-state index in [0.717, 1.165) is 30.6 Å². The fourth-order valence-electron chi connectivity index (χ4n) is 2.77. The molecule has 0 aromatic heterocycles. The second-order valence-electron chi connectivity index (χ2n) is 5.56. The van der Waals surface area contributed by atoms with Crippen molar-refractivity contribution in [2.45, 2.75) is 31.8 Å². The molecule has 0 aliphatic carbocycles. The largest absolute Gasteiger partial charge is 0.378 e. The van der Waals surface area contributed by atoms with Gasteiger partial charge < -0.3 is 4.74 Å². The highest BCUT2D eigenvalue weighted by atomic mass is 16.5. The Morgan fingerprint density at radius 1 is 0.952 bits per heavy atom. The molecule has 108 valence electrons. The topological polar surface area (TPSA) is 26.3 Å². The summed E-state index contributed by atoms with van der Waals surface area (Å²) in [6, 6.07) is 18.1. The number of hydrogen-bond donors (Lipinski definition) is 0. The van der Waals surface area contributed by atoms with Crippen LogP contribution in [-0.2, 0) is 4.74 Å². The van der Waals surface area contributed by atoms with Gasteiger partial charge >= 0.3 is 0 Å². The molecule has 1 heterocycles. The Morgan fingerprint density at radius 2 is 1.67 bits per heavy atom. The summed E-state index contributed by atoms with van der Waals surface area (Å²) in [5.74, 6) is 0.182. The maximum Gasteiger partial charge on any atom is 0.165 e. The molecule has 0 N–H and O–H groups in total. The van der Waals surface area contributed by atoms with E-state index >= 15 is 0 Å². The maximum atomic E-state index is 12.3. The zero-order valence-electron chi connectivity index (χ0n) is 12.1. The first-order valence-corrected chi connectivity index (χ1v) is 7.63. The lowest BCUT2D eigenvalue weighted by atomic mass is 9.98. The second-order valence-corrected chi connectivity index (χ2v) is 5.56. The van der Waals surface area contributed by atoms with Crippen molar-refractivity contribution >= 4 is 5.78 Å². The Morgan fingerprint density at radius 3 is 2.33 bits per heavy atom. The van der Waals surface area contributed by atoms with Gasteiger partial charge in [0, 0.05) is 18.6 Å². The molecule has 3 rings (SSSR count). The maximum absolute atomic E-state index is 12.3. The van der Waals surface area contributed by atoms with Crippen LogP contribution in [0.5, 0.6) is 0 Å². The van der Waals surface area contributed by atoms with E-state index < -0.39 is 0 Å². The summed E-state index contributed by atoms with van der Waals surface area (Å²) in [5.41, 5.74) is 3.09. The lowest BCUT2D eigenvalue weighted by Gasteiger charge is -2.21. The van der Waals surface area contributed by atoms with Crippen molar-refractivity contribution in [2.24, 2.45) is 0 Å². The molecule has 2 nitrogen and oxygen atoms in total. The van der Waals surface area contributed by atoms with E-state index in [0.29, 0.717) is 6.42 Å². The van der Waals surface area contributed by atoms with Crippen molar-refractivity contribution in [2.75, 3.05) is 6.61 Å². The molecular formula is C19H20O2. The third-order valence-corrected chi connectivity index (χ3v) is 4.00. The number of benzene rings is 2. The normalized spacial score (nSPS) is 18.4. The van der Waals surface area contributed by atoms with Gasteiger partial charge in [-0.1, -0.05) is 54.6 Å². The Kier molecular flexibility index (Phi) is 4.46. The van der Waals surface area contributed by atoms with Crippen LogP contribution in [0.25, 0.3) is 11.1 Å². The molecule has 2 aromatic rings. The van der Waals surface area contributed by atoms with E-state index in [1.54, 1.807) is 0 Å². The molecule has 2 heteroatoms. The van der Waals surface area contributed by atoms with Crippen molar-refractivity contribution in [3.8, 4) is 11.1 Å². The van der Waals surface area contributed by atoms with Gasteiger partial charge in [0.05, 0.1) is 6.10 Å². The highest BCUT2D eigenvalue weighted by Crippen LogP contribution is 2.21. The monoisotopic (exact) mass is 280 g/mol. The van der Waals surface area contributed by atoms with Crippen molar-refractivity contribution in [3.05, 3.63) is 60.2 Å². The van der Waals surface area contributed by atoms with Crippen LogP contribution >= 0.6 is 0 Å². The average molecular weight is 280 g/mol. The summed E-state index contributed by atoms with van der Waals surface area (Å²) in [4.78, 5) is 12.3. The number of ketones is 1. The molecule has 0 bridgehead atoms. The fourth-order valence-corrected chi connectivity index (χ4v) is 2.77. The van der Waals surface area contributed by atoms with Crippen molar-refractivity contribution in [1.82, 2.24) is 0 Å². The van der Waals surface area contributed by atoms with E-state index in [4.69, 9.17) is 4.74 Å². The molecule has 1 atom stereocenters. The third kappa shape index (κ3) is 3.59. The predicted octanol–water partition coefficient (Wildman–Crippen LogP) is 4.50. The van der Waals surface area contributed by atoms with Gasteiger partial charge in [0.25, 0.3) is 0 Å². The molecule has 0 spiro atoms. The molecule has 1 aliphatic rings. The molecule has 1 aliphatic heterocycles. The molecular weight excluding hydrogens is 260 g/mol. The zero-order chi connectivity index (χ0) is 14.5. The van der Waals surface area contributed by atoms with Crippen LogP contribution in [-0.4, -0.2) is 18.5 Å². The zero-order valence-corrected chi connectivity index (χ0v) is 12.1. The molecule has 1 unspecified atom stereocenters. The number of rotatable bonds is 4. The molecule has 0 saturated carbocycles. The standard InChI is InChI=1S/C19H20O2/c20-19(14-18-8-4-5-13-21-18)17-11-9-16(10-12-17)15-6-2-1-3-7-15/h1-3,6-7,9-12,18H,4-5,8,13-14H2. The van der Waals surface area contributed by atoms with Crippen LogP contribution < -0.4 is 0 Å². The quantitative estimate of drug-likeness (QED) is 0.771. The third-order valence-electron chi connectivity index (χ3n) is 4.00. The highest BCUT2D eigenvalue weighted by Gasteiger charge is 2.18. The number of carbonyl (C=O) groups is 1. The number of carbonyl (C=O) groups excluding carboxylic acids is 1. The average Bonchev–Trinajstić information content (AvgIpc) is 2.57. The van der Waals surface area contributed by atoms with Crippen molar-refractivity contribution in [1.29, 1.82) is 0 Å². The summed E-state index contributed by atoms with van der Waals surface area (Å²) < 4.78 is 5.64. The minimum absolute atomic E-state index is 0.111. The van der Waals surface area contributed by atoms with Gasteiger partial charge in [0.15, 0.2) is 5.78 Å². The lowest BCUT2D eigenvalue weighted by molar-refractivity contribution is 0.0129. The van der Waals surface area contributed by atoms with Gasteiger partial charge in [0.2, 0.25) is 0 Å². The lowest BCUT2D eigenvalue weighted by Crippen LogP contribution is -2.22. The smallest absolute Gasteiger partial charge is 0.165 e. The van der Waals surface area contributed by atoms with E-state index in [2.05, 4.69) is 12.1 Å². The Bertz CT molecular complexity index is 581. The fraction of sp³-hybridized carbons (Fsp3) is 0.316. The molecule has 1 fully saturated rings. The first-order chi connectivity index (χ1) is 10.3. The molecule has 1 saturated heterocycles. The van der Waals surface area contributed by atoms with E-state index in [9.17, 15) is 4.79 Å². The van der Waals surface area contributed by atoms with Gasteiger partial charge in [-0.3, -0.25) is 4.79 Å². The number of ether oxygens (including phenoxy) is 1.